The first-order chi connectivity index (χ1) is 11.7. The van der Waals surface area contributed by atoms with Crippen molar-refractivity contribution >= 4 is 28.4 Å². The summed E-state index contributed by atoms with van der Waals surface area (Å²) < 4.78 is 5.54. The molecule has 0 radical (unpaired) electrons. The van der Waals surface area contributed by atoms with Crippen molar-refractivity contribution in [3.05, 3.63) is 18.1 Å². The monoisotopic (exact) mass is 325 g/mol. The van der Waals surface area contributed by atoms with Crippen LogP contribution in [-0.4, -0.2) is 52.7 Å². The van der Waals surface area contributed by atoms with E-state index in [2.05, 4.69) is 14.9 Å². The molecule has 3 aliphatic rings. The van der Waals surface area contributed by atoms with Gasteiger partial charge in [0, 0.05) is 24.7 Å². The van der Waals surface area contributed by atoms with Crippen LogP contribution in [0.2, 0.25) is 0 Å². The molecule has 0 N–H and O–H groups in total. The molecule has 5 heterocycles. The maximum Gasteiger partial charge on any atom is 0.250 e. The highest BCUT2D eigenvalue weighted by Gasteiger charge is 2.45. The first-order valence-corrected chi connectivity index (χ1v) is 8.54. The highest BCUT2D eigenvalue weighted by Crippen LogP contribution is 2.41. The molecule has 3 aliphatic heterocycles. The minimum Gasteiger partial charge on any atom is -0.379 e. The number of anilines is 2. The van der Waals surface area contributed by atoms with E-state index in [1.165, 1.54) is 0 Å². The Bertz CT molecular complexity index is 833. The van der Waals surface area contributed by atoms with Crippen molar-refractivity contribution in [3.8, 4) is 0 Å². The number of rotatable bonds is 1. The molecule has 2 atom stereocenters. The zero-order valence-electron chi connectivity index (χ0n) is 13.6. The van der Waals surface area contributed by atoms with Crippen molar-refractivity contribution in [2.45, 2.75) is 38.3 Å². The van der Waals surface area contributed by atoms with Crippen molar-refractivity contribution in [2.24, 2.45) is 0 Å². The minimum atomic E-state index is -0.0917. The number of ether oxygens (including phenoxy) is 1. The summed E-state index contributed by atoms with van der Waals surface area (Å²) in [5.41, 5.74) is 1.58. The van der Waals surface area contributed by atoms with Crippen LogP contribution in [0, 0.1) is 6.92 Å². The van der Waals surface area contributed by atoms with Crippen LogP contribution in [-0.2, 0) is 9.53 Å². The van der Waals surface area contributed by atoms with E-state index < -0.39 is 0 Å². The van der Waals surface area contributed by atoms with Gasteiger partial charge in [-0.2, -0.15) is 0 Å². The molecule has 2 aromatic heterocycles. The molecular formula is C17H19N5O2. The zero-order valence-corrected chi connectivity index (χ0v) is 13.6. The van der Waals surface area contributed by atoms with Gasteiger partial charge in [0.15, 0.2) is 11.5 Å². The second-order valence-electron chi connectivity index (χ2n) is 6.74. The predicted molar refractivity (Wildman–Crippen MR) is 89.1 cm³/mol. The maximum atomic E-state index is 13.1. The van der Waals surface area contributed by atoms with E-state index in [0.29, 0.717) is 24.7 Å². The van der Waals surface area contributed by atoms with E-state index in [-0.39, 0.29) is 18.0 Å². The number of pyridine rings is 1. The van der Waals surface area contributed by atoms with Crippen LogP contribution in [0.15, 0.2) is 12.3 Å². The van der Waals surface area contributed by atoms with Gasteiger partial charge in [-0.15, -0.1) is 0 Å². The SMILES string of the molecule is Cc1ncc2cc3c(nc2n1)N1CCCC1C(=O)N3C1CCOC1. The third-order valence-electron chi connectivity index (χ3n) is 5.23. The van der Waals surface area contributed by atoms with E-state index in [0.717, 1.165) is 42.7 Å². The van der Waals surface area contributed by atoms with Gasteiger partial charge < -0.3 is 14.5 Å². The van der Waals surface area contributed by atoms with Crippen LogP contribution in [0.4, 0.5) is 11.5 Å². The summed E-state index contributed by atoms with van der Waals surface area (Å²) in [4.78, 5) is 30.8. The number of aryl methyl sites for hydroxylation is 1. The van der Waals surface area contributed by atoms with Crippen LogP contribution in [0.25, 0.3) is 11.0 Å². The van der Waals surface area contributed by atoms with Crippen LogP contribution >= 0.6 is 0 Å². The summed E-state index contributed by atoms with van der Waals surface area (Å²) in [5.74, 6) is 1.78. The Morgan fingerprint density at radius 1 is 1.29 bits per heavy atom. The number of amides is 1. The molecule has 7 heteroatoms. The molecule has 2 saturated heterocycles. The molecule has 2 fully saturated rings. The Kier molecular flexibility index (Phi) is 3.00. The Morgan fingerprint density at radius 3 is 3.04 bits per heavy atom. The van der Waals surface area contributed by atoms with Gasteiger partial charge in [0.25, 0.3) is 0 Å². The first kappa shape index (κ1) is 14.1. The van der Waals surface area contributed by atoms with Gasteiger partial charge in [-0.05, 0) is 32.3 Å². The summed E-state index contributed by atoms with van der Waals surface area (Å²) in [6.45, 7) is 4.05. The molecule has 0 bridgehead atoms. The van der Waals surface area contributed by atoms with E-state index in [4.69, 9.17) is 9.72 Å². The van der Waals surface area contributed by atoms with Gasteiger partial charge in [-0.3, -0.25) is 4.79 Å². The number of carbonyl (C=O) groups excluding carboxylic acids is 1. The molecule has 2 aromatic rings. The Hall–Kier alpha value is -2.28. The summed E-state index contributed by atoms with van der Waals surface area (Å²) in [6.07, 6.45) is 4.58. The van der Waals surface area contributed by atoms with Crippen molar-refractivity contribution < 1.29 is 9.53 Å². The van der Waals surface area contributed by atoms with Crippen LogP contribution in [0.3, 0.4) is 0 Å². The molecule has 0 saturated carbocycles. The number of carbonyl (C=O) groups is 1. The average Bonchev–Trinajstić information content (AvgIpc) is 3.25. The number of aromatic nitrogens is 3. The molecule has 7 nitrogen and oxygen atoms in total. The zero-order chi connectivity index (χ0) is 16.3. The number of hydrogen-bond donors (Lipinski definition) is 0. The minimum absolute atomic E-state index is 0.0917. The summed E-state index contributed by atoms with van der Waals surface area (Å²) in [7, 11) is 0. The first-order valence-electron chi connectivity index (χ1n) is 8.54. The standard InChI is InChI=1S/C17H19N5O2/c1-10-18-8-11-7-14-16(20-15(11)19-10)21-5-2-3-13(21)17(23)22(14)12-4-6-24-9-12/h7-8,12-13H,2-6,9H2,1H3. The second kappa shape index (κ2) is 5.11. The van der Waals surface area contributed by atoms with E-state index >= 15 is 0 Å². The Labute approximate surface area is 139 Å². The quantitative estimate of drug-likeness (QED) is 0.790. The summed E-state index contributed by atoms with van der Waals surface area (Å²) in [5, 5.41) is 0.869. The van der Waals surface area contributed by atoms with Crippen LogP contribution < -0.4 is 9.80 Å². The molecule has 0 aliphatic carbocycles. The lowest BCUT2D eigenvalue weighted by atomic mass is 10.1. The molecule has 0 spiro atoms. The Morgan fingerprint density at radius 2 is 2.21 bits per heavy atom. The van der Waals surface area contributed by atoms with Gasteiger partial charge in [0.1, 0.15) is 11.9 Å². The van der Waals surface area contributed by atoms with Crippen LogP contribution in [0.5, 0.6) is 0 Å². The fourth-order valence-electron chi connectivity index (χ4n) is 4.08. The summed E-state index contributed by atoms with van der Waals surface area (Å²) in [6, 6.07) is 2.03. The lowest BCUT2D eigenvalue weighted by molar-refractivity contribution is -0.120. The lowest BCUT2D eigenvalue weighted by Gasteiger charge is -2.41. The van der Waals surface area contributed by atoms with Gasteiger partial charge in [-0.25, -0.2) is 15.0 Å². The fraction of sp³-hybridized carbons (Fsp3) is 0.529. The lowest BCUT2D eigenvalue weighted by Crippen LogP contribution is -2.54. The third kappa shape index (κ3) is 1.94. The van der Waals surface area contributed by atoms with Crippen LogP contribution in [0.1, 0.15) is 25.1 Å². The van der Waals surface area contributed by atoms with Crippen molar-refractivity contribution in [3.63, 3.8) is 0 Å². The number of hydrogen-bond acceptors (Lipinski definition) is 6. The molecule has 5 rings (SSSR count). The maximum absolute atomic E-state index is 13.1. The van der Waals surface area contributed by atoms with Gasteiger partial charge >= 0.3 is 0 Å². The summed E-state index contributed by atoms with van der Waals surface area (Å²) >= 11 is 0. The van der Waals surface area contributed by atoms with E-state index in [1.54, 1.807) is 6.20 Å². The fourth-order valence-corrected chi connectivity index (χ4v) is 4.08. The third-order valence-corrected chi connectivity index (χ3v) is 5.23. The van der Waals surface area contributed by atoms with Gasteiger partial charge in [0.05, 0.1) is 18.3 Å². The number of nitrogens with zero attached hydrogens (tertiary/aromatic N) is 5. The highest BCUT2D eigenvalue weighted by atomic mass is 16.5. The van der Waals surface area contributed by atoms with Crippen molar-refractivity contribution in [1.82, 2.24) is 15.0 Å². The van der Waals surface area contributed by atoms with Gasteiger partial charge in [0.2, 0.25) is 5.91 Å². The molecular weight excluding hydrogens is 306 g/mol. The largest absolute Gasteiger partial charge is 0.379 e. The van der Waals surface area contributed by atoms with E-state index in [9.17, 15) is 4.79 Å². The molecule has 24 heavy (non-hydrogen) atoms. The topological polar surface area (TPSA) is 71.5 Å². The molecule has 0 aromatic carbocycles. The highest BCUT2D eigenvalue weighted by molar-refractivity contribution is 6.07. The number of fused-ring (bicyclic) bond motifs is 4. The normalized spacial score (nSPS) is 26.1. The van der Waals surface area contributed by atoms with Gasteiger partial charge in [-0.1, -0.05) is 0 Å². The van der Waals surface area contributed by atoms with Crippen molar-refractivity contribution in [1.29, 1.82) is 0 Å². The molecule has 124 valence electrons. The molecule has 2 unspecified atom stereocenters. The molecule has 1 amide bonds. The second-order valence-corrected chi connectivity index (χ2v) is 6.74. The predicted octanol–water partition coefficient (Wildman–Crippen LogP) is 1.44. The van der Waals surface area contributed by atoms with E-state index in [1.807, 2.05) is 17.9 Å². The average molecular weight is 325 g/mol. The smallest absolute Gasteiger partial charge is 0.250 e. The Balaban J connectivity index is 1.73. The van der Waals surface area contributed by atoms with Crippen molar-refractivity contribution in [2.75, 3.05) is 29.6 Å².